The van der Waals surface area contributed by atoms with Gasteiger partial charge in [0, 0.05) is 18.1 Å². The van der Waals surface area contributed by atoms with Gasteiger partial charge in [-0.25, -0.2) is 13.9 Å². The smallest absolute Gasteiger partial charge is 0.271 e. The molecule has 5 nitrogen and oxygen atoms in total. The molecule has 2 aromatic rings. The van der Waals surface area contributed by atoms with E-state index in [1.165, 1.54) is 12.1 Å². The van der Waals surface area contributed by atoms with Gasteiger partial charge in [0.15, 0.2) is 18.0 Å². The predicted octanol–water partition coefficient (Wildman–Crippen LogP) is 3.25. The van der Waals surface area contributed by atoms with Crippen molar-refractivity contribution in [3.8, 4) is 11.5 Å². The Labute approximate surface area is 163 Å². The summed E-state index contributed by atoms with van der Waals surface area (Å²) in [4.78, 5) is 2.17. The summed E-state index contributed by atoms with van der Waals surface area (Å²) in [6.07, 6.45) is 4.15. The van der Waals surface area contributed by atoms with Crippen LogP contribution < -0.4 is 14.4 Å². The molecule has 2 aromatic carbocycles. The minimum atomic E-state index is -1.18. The van der Waals surface area contributed by atoms with Crippen molar-refractivity contribution >= 4 is 11.5 Å². The first-order valence-corrected chi connectivity index (χ1v) is 9.94. The Morgan fingerprint density at radius 3 is 2.57 bits per heavy atom. The van der Waals surface area contributed by atoms with Crippen molar-refractivity contribution in [1.29, 1.82) is 0 Å². The first-order valence-electron chi connectivity index (χ1n) is 9.94. The third kappa shape index (κ3) is 2.83. The van der Waals surface area contributed by atoms with Crippen LogP contribution in [0.2, 0.25) is 0 Å². The third-order valence-corrected chi connectivity index (χ3v) is 5.87. The molecular weight excluding hydrogens is 359 g/mol. The number of fused-ring (bicyclic) bond motifs is 1. The molecule has 5 rings (SSSR count). The molecule has 0 aromatic heterocycles. The molecule has 3 aliphatic heterocycles. The molecule has 3 aliphatic rings. The third-order valence-electron chi connectivity index (χ3n) is 5.87. The lowest BCUT2D eigenvalue weighted by molar-refractivity contribution is -0.658. The maximum absolute atomic E-state index is 13.5. The van der Waals surface area contributed by atoms with Crippen LogP contribution in [0.25, 0.3) is 0 Å². The zero-order valence-corrected chi connectivity index (χ0v) is 15.7. The van der Waals surface area contributed by atoms with E-state index in [2.05, 4.69) is 9.48 Å². The lowest BCUT2D eigenvalue weighted by Crippen LogP contribution is -2.41. The largest absolute Gasteiger partial charge is 0.486 e. The summed E-state index contributed by atoms with van der Waals surface area (Å²) < 4.78 is 27.0. The Bertz CT molecular complexity index is 928. The molecule has 0 spiro atoms. The van der Waals surface area contributed by atoms with Crippen LogP contribution in [0.4, 0.5) is 10.1 Å². The number of nitrogens with zero attached hydrogens (tertiary/aromatic N) is 2. The highest BCUT2D eigenvalue weighted by Gasteiger charge is 2.52. The van der Waals surface area contributed by atoms with E-state index < -0.39 is 5.72 Å². The number of hydrogen-bond acceptors (Lipinski definition) is 4. The molecule has 1 unspecified atom stereocenters. The Kier molecular flexibility index (Phi) is 4.23. The number of halogens is 1. The lowest BCUT2D eigenvalue weighted by atomic mass is 10.0. The summed E-state index contributed by atoms with van der Waals surface area (Å²) in [7, 11) is 0. The van der Waals surface area contributed by atoms with E-state index in [4.69, 9.17) is 9.47 Å². The van der Waals surface area contributed by atoms with Crippen LogP contribution in [0.5, 0.6) is 11.5 Å². The fourth-order valence-corrected chi connectivity index (χ4v) is 4.47. The highest BCUT2D eigenvalue weighted by atomic mass is 19.1. The van der Waals surface area contributed by atoms with Crippen LogP contribution in [-0.2, 0) is 5.72 Å². The van der Waals surface area contributed by atoms with E-state index in [0.717, 1.165) is 55.3 Å². The van der Waals surface area contributed by atoms with Crippen LogP contribution in [0.3, 0.4) is 0 Å². The van der Waals surface area contributed by atoms with Gasteiger partial charge in [-0.15, -0.1) is 0 Å². The van der Waals surface area contributed by atoms with E-state index in [9.17, 15) is 9.50 Å². The molecule has 0 aliphatic carbocycles. The molecule has 0 saturated carbocycles. The summed E-state index contributed by atoms with van der Waals surface area (Å²) in [6, 6.07) is 12.1. The van der Waals surface area contributed by atoms with Crippen LogP contribution in [0.15, 0.2) is 42.5 Å². The highest BCUT2D eigenvalue weighted by Crippen LogP contribution is 2.39. The summed E-state index contributed by atoms with van der Waals surface area (Å²) in [5, 5.41) is 11.7. The summed E-state index contributed by atoms with van der Waals surface area (Å²) in [5.41, 5.74) is 0.512. The van der Waals surface area contributed by atoms with Gasteiger partial charge in [0.25, 0.3) is 11.6 Å². The molecule has 146 valence electrons. The molecule has 0 saturated heterocycles. The number of ether oxygens (including phenoxy) is 2. The van der Waals surface area contributed by atoms with Crippen molar-refractivity contribution in [3.63, 3.8) is 0 Å². The minimum Gasteiger partial charge on any atom is -0.486 e. The van der Waals surface area contributed by atoms with Gasteiger partial charge in [-0.05, 0) is 55.7 Å². The number of β-amino-alcohol motifs (C(OH)–C–C–N with tert-alkyl or cyclic N) is 1. The van der Waals surface area contributed by atoms with Crippen molar-refractivity contribution in [2.45, 2.75) is 31.4 Å². The van der Waals surface area contributed by atoms with Gasteiger partial charge in [-0.3, -0.25) is 0 Å². The number of amidine groups is 1. The van der Waals surface area contributed by atoms with E-state index in [-0.39, 0.29) is 5.82 Å². The monoisotopic (exact) mass is 383 g/mol. The van der Waals surface area contributed by atoms with E-state index >= 15 is 0 Å². The van der Waals surface area contributed by atoms with Crippen molar-refractivity contribution in [2.75, 3.05) is 31.2 Å². The summed E-state index contributed by atoms with van der Waals surface area (Å²) in [5.74, 6) is 2.31. The number of anilines is 1. The average molecular weight is 383 g/mol. The van der Waals surface area contributed by atoms with E-state index in [0.29, 0.717) is 25.3 Å². The van der Waals surface area contributed by atoms with Crippen LogP contribution >= 0.6 is 0 Å². The summed E-state index contributed by atoms with van der Waals surface area (Å²) in [6.45, 7) is 2.28. The predicted molar refractivity (Wildman–Crippen MR) is 104 cm³/mol. The molecule has 0 fully saturated rings. The second kappa shape index (κ2) is 6.78. The van der Waals surface area contributed by atoms with Gasteiger partial charge < -0.3 is 14.6 Å². The Morgan fingerprint density at radius 1 is 0.964 bits per heavy atom. The second-order valence-corrected chi connectivity index (χ2v) is 7.62. The standard InChI is InChI=1S/C22H24FN2O3/c23-17-7-5-16(6-8-17)22(26)15-24(21-4-2-1-3-11-25(21)22)18-9-10-19-20(14-18)28-13-12-27-19/h5-10,14,26H,1-4,11-13,15H2/q+1. The van der Waals surface area contributed by atoms with Gasteiger partial charge in [-0.1, -0.05) is 0 Å². The zero-order chi connectivity index (χ0) is 19.1. The van der Waals surface area contributed by atoms with E-state index in [1.54, 1.807) is 12.1 Å². The van der Waals surface area contributed by atoms with Crippen molar-refractivity contribution in [3.05, 3.63) is 53.8 Å². The van der Waals surface area contributed by atoms with Crippen LogP contribution in [-0.4, -0.2) is 41.8 Å². The van der Waals surface area contributed by atoms with E-state index in [1.807, 2.05) is 18.2 Å². The molecule has 1 N–H and O–H groups in total. The molecule has 1 atom stereocenters. The second-order valence-electron chi connectivity index (χ2n) is 7.62. The van der Waals surface area contributed by atoms with Gasteiger partial charge >= 0.3 is 0 Å². The zero-order valence-electron chi connectivity index (χ0n) is 15.7. The Hall–Kier alpha value is -2.60. The quantitative estimate of drug-likeness (QED) is 0.809. The fourth-order valence-electron chi connectivity index (χ4n) is 4.47. The molecule has 3 heterocycles. The summed E-state index contributed by atoms with van der Waals surface area (Å²) >= 11 is 0. The molecule has 0 bridgehead atoms. The maximum Gasteiger partial charge on any atom is 0.271 e. The van der Waals surface area contributed by atoms with Gasteiger partial charge in [-0.2, -0.15) is 0 Å². The van der Waals surface area contributed by atoms with Crippen LogP contribution in [0.1, 0.15) is 31.2 Å². The first kappa shape index (κ1) is 17.5. The Balaban J connectivity index is 1.58. The molecule has 28 heavy (non-hydrogen) atoms. The lowest BCUT2D eigenvalue weighted by Gasteiger charge is -2.24. The van der Waals surface area contributed by atoms with Crippen LogP contribution in [0, 0.1) is 5.82 Å². The molecule has 6 heteroatoms. The topological polar surface area (TPSA) is 44.9 Å². The van der Waals surface area contributed by atoms with Gasteiger partial charge in [0.2, 0.25) is 0 Å². The molecular formula is C22H24FN2O3+. The number of aliphatic hydroxyl groups is 1. The van der Waals surface area contributed by atoms with Crippen molar-refractivity contribution in [1.82, 2.24) is 0 Å². The number of hydrogen-bond donors (Lipinski definition) is 1. The fraction of sp³-hybridized carbons (Fsp3) is 0.409. The molecule has 0 amide bonds. The maximum atomic E-state index is 13.5. The normalized spacial score (nSPS) is 24.1. The molecule has 0 radical (unpaired) electrons. The van der Waals surface area contributed by atoms with Crippen molar-refractivity contribution in [2.24, 2.45) is 0 Å². The Morgan fingerprint density at radius 2 is 1.75 bits per heavy atom. The number of rotatable bonds is 2. The number of benzene rings is 2. The van der Waals surface area contributed by atoms with Crippen molar-refractivity contribution < 1.29 is 23.5 Å². The highest BCUT2D eigenvalue weighted by molar-refractivity contribution is 5.96. The SMILES string of the molecule is OC1(c2ccc(F)cc2)CN(c2ccc3c(c2)OCCO3)C2=[N+]1CCCCC2. The minimum absolute atomic E-state index is 0.297. The van der Waals surface area contributed by atoms with Gasteiger partial charge in [0.1, 0.15) is 24.7 Å². The average Bonchev–Trinajstić information content (AvgIpc) is 2.87. The first-order chi connectivity index (χ1) is 13.6. The van der Waals surface area contributed by atoms with Gasteiger partial charge in [0.05, 0.1) is 6.54 Å².